The highest BCUT2D eigenvalue weighted by Gasteiger charge is 2.34. The molecule has 1 heterocycles. The molecule has 0 saturated carbocycles. The normalized spacial score (nSPS) is 16.0. The Morgan fingerprint density at radius 2 is 1.84 bits per heavy atom. The van der Waals surface area contributed by atoms with Crippen molar-refractivity contribution in [1.82, 2.24) is 4.90 Å². The number of carbonyl (C=O) groups excluding carboxylic acids is 2. The van der Waals surface area contributed by atoms with Gasteiger partial charge in [-0.05, 0) is 54.9 Å². The van der Waals surface area contributed by atoms with Gasteiger partial charge in [0.15, 0.2) is 0 Å². The molecule has 25 heavy (non-hydrogen) atoms. The molecule has 1 aliphatic rings. The Morgan fingerprint density at radius 3 is 2.56 bits per heavy atom. The highest BCUT2D eigenvalue weighted by Crippen LogP contribution is 2.32. The van der Waals surface area contributed by atoms with Crippen molar-refractivity contribution in [2.24, 2.45) is 0 Å². The maximum Gasteiger partial charge on any atom is 0.295 e. The van der Waals surface area contributed by atoms with Gasteiger partial charge in [-0.3, -0.25) is 14.5 Å². The van der Waals surface area contributed by atoms with Crippen molar-refractivity contribution in [2.75, 3.05) is 12.0 Å². The van der Waals surface area contributed by atoms with Crippen molar-refractivity contribution in [3.05, 3.63) is 69.1 Å². The van der Waals surface area contributed by atoms with Crippen LogP contribution in [0.15, 0.2) is 47.4 Å². The number of thioether (sulfide) groups is 1. The summed E-state index contributed by atoms with van der Waals surface area (Å²) in [6.45, 7) is 3.99. The summed E-state index contributed by atoms with van der Waals surface area (Å²) in [4.78, 5) is 26.3. The van der Waals surface area contributed by atoms with Gasteiger partial charge in [0.2, 0.25) is 0 Å². The smallest absolute Gasteiger partial charge is 0.295 e. The van der Waals surface area contributed by atoms with E-state index in [-0.39, 0.29) is 17.8 Å². The van der Waals surface area contributed by atoms with Crippen molar-refractivity contribution in [2.45, 2.75) is 13.8 Å². The SMILES string of the molecule is Cc1ccc(/C=C2/SC(=O)N(CNc3cccc(Cl)c3C)C2=O)cc1. The van der Waals surface area contributed by atoms with Gasteiger partial charge in [-0.25, -0.2) is 0 Å². The lowest BCUT2D eigenvalue weighted by Crippen LogP contribution is -2.33. The first-order valence-corrected chi connectivity index (χ1v) is 8.96. The van der Waals surface area contributed by atoms with E-state index in [1.54, 1.807) is 12.1 Å². The number of aryl methyl sites for hydroxylation is 1. The van der Waals surface area contributed by atoms with Crippen LogP contribution in [0.25, 0.3) is 6.08 Å². The predicted octanol–water partition coefficient (Wildman–Crippen LogP) is 5.06. The fourth-order valence-corrected chi connectivity index (χ4v) is 3.43. The Hall–Kier alpha value is -2.24. The lowest BCUT2D eigenvalue weighted by atomic mass is 10.1. The average Bonchev–Trinajstić information content (AvgIpc) is 2.85. The molecule has 0 spiro atoms. The summed E-state index contributed by atoms with van der Waals surface area (Å²) in [5, 5.41) is 3.46. The van der Waals surface area contributed by atoms with Gasteiger partial charge < -0.3 is 5.32 Å². The van der Waals surface area contributed by atoms with Gasteiger partial charge in [0.1, 0.15) is 0 Å². The second kappa shape index (κ2) is 7.33. The fourth-order valence-electron chi connectivity index (χ4n) is 2.41. The summed E-state index contributed by atoms with van der Waals surface area (Å²) in [6.07, 6.45) is 1.75. The fraction of sp³-hybridized carbons (Fsp3) is 0.158. The third kappa shape index (κ3) is 3.89. The molecule has 2 aromatic rings. The zero-order valence-electron chi connectivity index (χ0n) is 13.9. The molecule has 2 amide bonds. The van der Waals surface area contributed by atoms with Crippen LogP contribution in [0.3, 0.4) is 0 Å². The Balaban J connectivity index is 1.73. The van der Waals surface area contributed by atoms with Crippen LogP contribution in [0.4, 0.5) is 10.5 Å². The molecular formula is C19H17ClN2O2S. The molecule has 1 saturated heterocycles. The van der Waals surface area contributed by atoms with Crippen LogP contribution in [0.5, 0.6) is 0 Å². The average molecular weight is 373 g/mol. The van der Waals surface area contributed by atoms with E-state index in [1.165, 1.54) is 4.90 Å². The summed E-state index contributed by atoms with van der Waals surface area (Å²) >= 11 is 7.05. The molecule has 128 valence electrons. The second-order valence-corrected chi connectivity index (χ2v) is 7.17. The minimum absolute atomic E-state index is 0.108. The molecule has 6 heteroatoms. The number of benzene rings is 2. The van der Waals surface area contributed by atoms with E-state index in [1.807, 2.05) is 50.2 Å². The summed E-state index contributed by atoms with van der Waals surface area (Å²) in [5.41, 5.74) is 3.72. The van der Waals surface area contributed by atoms with E-state index in [0.717, 1.165) is 34.1 Å². The van der Waals surface area contributed by atoms with Gasteiger partial charge in [-0.2, -0.15) is 0 Å². The van der Waals surface area contributed by atoms with Gasteiger partial charge in [0.25, 0.3) is 11.1 Å². The molecule has 4 nitrogen and oxygen atoms in total. The molecule has 0 atom stereocenters. The van der Waals surface area contributed by atoms with Gasteiger partial charge in [-0.15, -0.1) is 0 Å². The maximum absolute atomic E-state index is 12.5. The van der Waals surface area contributed by atoms with E-state index in [0.29, 0.717) is 9.93 Å². The maximum atomic E-state index is 12.5. The van der Waals surface area contributed by atoms with E-state index in [9.17, 15) is 9.59 Å². The van der Waals surface area contributed by atoms with E-state index in [2.05, 4.69) is 5.32 Å². The lowest BCUT2D eigenvalue weighted by molar-refractivity contribution is -0.122. The zero-order chi connectivity index (χ0) is 18.0. The minimum atomic E-state index is -0.289. The van der Waals surface area contributed by atoms with Crippen LogP contribution in [-0.4, -0.2) is 22.7 Å². The summed E-state index contributed by atoms with van der Waals surface area (Å²) in [6, 6.07) is 13.3. The number of rotatable bonds is 4. The Labute approximate surface area is 155 Å². The first-order chi connectivity index (χ1) is 12.0. The topological polar surface area (TPSA) is 49.4 Å². The van der Waals surface area contributed by atoms with Crippen LogP contribution < -0.4 is 5.32 Å². The van der Waals surface area contributed by atoms with Crippen LogP contribution in [0.2, 0.25) is 5.02 Å². The standard InChI is InChI=1S/C19H17ClN2O2S/c1-12-6-8-14(9-7-12)10-17-18(23)22(19(24)25-17)11-21-16-5-3-4-15(20)13(16)2/h3-10,21H,11H2,1-2H3/b17-10+. The lowest BCUT2D eigenvalue weighted by Gasteiger charge is -2.16. The molecule has 3 rings (SSSR count). The molecule has 1 N–H and O–H groups in total. The van der Waals surface area contributed by atoms with Crippen LogP contribution >= 0.6 is 23.4 Å². The number of nitrogens with one attached hydrogen (secondary N) is 1. The molecule has 2 aromatic carbocycles. The first kappa shape index (κ1) is 17.6. The monoisotopic (exact) mass is 372 g/mol. The molecule has 0 aromatic heterocycles. The third-order valence-corrected chi connectivity index (χ3v) is 5.26. The molecule has 0 bridgehead atoms. The molecule has 0 radical (unpaired) electrons. The first-order valence-electron chi connectivity index (χ1n) is 7.77. The van der Waals surface area contributed by atoms with E-state index < -0.39 is 0 Å². The third-order valence-electron chi connectivity index (χ3n) is 3.94. The molecule has 1 fully saturated rings. The van der Waals surface area contributed by atoms with Crippen molar-refractivity contribution < 1.29 is 9.59 Å². The number of anilines is 1. The van der Waals surface area contributed by atoms with Crippen molar-refractivity contribution in [3.63, 3.8) is 0 Å². The molecule has 0 aliphatic carbocycles. The van der Waals surface area contributed by atoms with Gasteiger partial charge in [-0.1, -0.05) is 47.5 Å². The number of amides is 2. The van der Waals surface area contributed by atoms with Gasteiger partial charge >= 0.3 is 0 Å². The quantitative estimate of drug-likeness (QED) is 0.762. The van der Waals surface area contributed by atoms with Crippen molar-refractivity contribution in [1.29, 1.82) is 0 Å². The zero-order valence-corrected chi connectivity index (χ0v) is 15.4. The molecule has 0 unspecified atom stereocenters. The number of carbonyl (C=O) groups is 2. The summed E-state index contributed by atoms with van der Waals surface area (Å²) in [7, 11) is 0. The summed E-state index contributed by atoms with van der Waals surface area (Å²) in [5.74, 6) is -0.289. The highest BCUT2D eigenvalue weighted by molar-refractivity contribution is 8.18. The van der Waals surface area contributed by atoms with Crippen molar-refractivity contribution >= 4 is 46.3 Å². The number of hydrogen-bond acceptors (Lipinski definition) is 4. The number of nitrogens with zero attached hydrogens (tertiary/aromatic N) is 1. The number of hydrogen-bond donors (Lipinski definition) is 1. The van der Waals surface area contributed by atoms with Crippen LogP contribution in [0, 0.1) is 13.8 Å². The second-order valence-electron chi connectivity index (χ2n) is 5.77. The molecule has 1 aliphatic heterocycles. The van der Waals surface area contributed by atoms with Gasteiger partial charge in [0, 0.05) is 10.7 Å². The molecular weight excluding hydrogens is 356 g/mol. The van der Waals surface area contributed by atoms with E-state index in [4.69, 9.17) is 11.6 Å². The van der Waals surface area contributed by atoms with Crippen molar-refractivity contribution in [3.8, 4) is 0 Å². The predicted molar refractivity (Wildman–Crippen MR) is 104 cm³/mol. The highest BCUT2D eigenvalue weighted by atomic mass is 35.5. The van der Waals surface area contributed by atoms with Crippen LogP contribution in [-0.2, 0) is 4.79 Å². The van der Waals surface area contributed by atoms with Crippen LogP contribution in [0.1, 0.15) is 16.7 Å². The Bertz CT molecular complexity index is 862. The Kier molecular flexibility index (Phi) is 5.16. The number of halogens is 1. The largest absolute Gasteiger partial charge is 0.367 e. The summed E-state index contributed by atoms with van der Waals surface area (Å²) < 4.78 is 0. The van der Waals surface area contributed by atoms with Gasteiger partial charge in [0.05, 0.1) is 11.6 Å². The Morgan fingerprint density at radius 1 is 1.12 bits per heavy atom. The van der Waals surface area contributed by atoms with E-state index >= 15 is 0 Å². The minimum Gasteiger partial charge on any atom is -0.367 e. The number of imide groups is 1.